The van der Waals surface area contributed by atoms with Gasteiger partial charge >= 0.3 is 0 Å². The SMILES string of the molecule is c1ccc(-c2cccc(-c3nc(-c4ccccc4)nc(-c4cc(-c5ccccc5)cc(-c5cccc(C6(c7ccccc7)c7ccccc7-c7ccccc76)c5)c4)n3)c2)cc1. The van der Waals surface area contributed by atoms with Gasteiger partial charge in [0.1, 0.15) is 0 Å². The predicted octanol–water partition coefficient (Wildman–Crippen LogP) is 14.2. The first-order chi connectivity index (χ1) is 30.2. The highest BCUT2D eigenvalue weighted by Crippen LogP contribution is 2.56. The van der Waals surface area contributed by atoms with E-state index < -0.39 is 5.41 Å². The third-order valence-electron chi connectivity index (χ3n) is 12.0. The van der Waals surface area contributed by atoms with E-state index in [4.69, 9.17) is 15.0 Å². The van der Waals surface area contributed by atoms with Gasteiger partial charge in [0.25, 0.3) is 0 Å². The zero-order chi connectivity index (χ0) is 40.6. The maximum atomic E-state index is 5.26. The third-order valence-corrected chi connectivity index (χ3v) is 12.0. The molecule has 9 aromatic carbocycles. The lowest BCUT2D eigenvalue weighted by Gasteiger charge is -2.34. The van der Waals surface area contributed by atoms with Gasteiger partial charge in [0.2, 0.25) is 0 Å². The van der Waals surface area contributed by atoms with Crippen LogP contribution in [-0.2, 0) is 5.41 Å². The number of nitrogens with zero attached hydrogens (tertiary/aromatic N) is 3. The highest BCUT2D eigenvalue weighted by atomic mass is 15.0. The number of hydrogen-bond acceptors (Lipinski definition) is 3. The Bertz CT molecular complexity index is 3130. The molecular formula is C58H39N3. The molecule has 0 radical (unpaired) electrons. The molecule has 3 nitrogen and oxygen atoms in total. The van der Waals surface area contributed by atoms with Gasteiger partial charge in [-0.2, -0.15) is 0 Å². The van der Waals surface area contributed by atoms with Crippen molar-refractivity contribution in [2.24, 2.45) is 0 Å². The normalized spacial score (nSPS) is 12.4. The predicted molar refractivity (Wildman–Crippen MR) is 250 cm³/mol. The van der Waals surface area contributed by atoms with E-state index in [1.54, 1.807) is 0 Å². The maximum Gasteiger partial charge on any atom is 0.164 e. The number of aromatic nitrogens is 3. The second-order valence-corrected chi connectivity index (χ2v) is 15.6. The summed E-state index contributed by atoms with van der Waals surface area (Å²) in [5.74, 6) is 1.87. The van der Waals surface area contributed by atoms with Crippen LogP contribution in [0.2, 0.25) is 0 Å². The van der Waals surface area contributed by atoms with E-state index >= 15 is 0 Å². The summed E-state index contributed by atoms with van der Waals surface area (Å²) in [5, 5.41) is 0. The molecule has 3 heteroatoms. The lowest BCUT2D eigenvalue weighted by atomic mass is 9.67. The molecule has 0 spiro atoms. The summed E-state index contributed by atoms with van der Waals surface area (Å²) < 4.78 is 0. The third kappa shape index (κ3) is 6.44. The minimum Gasteiger partial charge on any atom is -0.208 e. The summed E-state index contributed by atoms with van der Waals surface area (Å²) in [6, 6.07) is 84.3. The molecule has 0 bridgehead atoms. The van der Waals surface area contributed by atoms with Crippen LogP contribution in [0.15, 0.2) is 237 Å². The maximum absolute atomic E-state index is 5.26. The van der Waals surface area contributed by atoms with Crippen LogP contribution in [0.1, 0.15) is 22.3 Å². The summed E-state index contributed by atoms with van der Waals surface area (Å²) in [6.45, 7) is 0. The van der Waals surface area contributed by atoms with Crippen LogP contribution in [0.25, 0.3) is 78.7 Å². The van der Waals surface area contributed by atoms with Gasteiger partial charge in [0, 0.05) is 16.7 Å². The molecule has 0 N–H and O–H groups in total. The molecule has 0 aliphatic heterocycles. The van der Waals surface area contributed by atoms with Crippen molar-refractivity contribution in [2.45, 2.75) is 5.41 Å². The minimum absolute atomic E-state index is 0.508. The Balaban J connectivity index is 1.12. The Labute approximate surface area is 356 Å². The number of benzene rings is 9. The molecule has 286 valence electrons. The van der Waals surface area contributed by atoms with Crippen LogP contribution in [0, 0.1) is 0 Å². The summed E-state index contributed by atoms with van der Waals surface area (Å²) in [4.78, 5) is 15.6. The standard InChI is InChI=1S/C58H39N3/c1-5-19-40(20-6-1)43-25-17-27-45(35-43)56-59-55(42-23-9-3-10-24-42)60-57(61-56)48-37-46(41-21-7-2-8-22-41)36-47(38-48)44-26-18-30-50(39-44)58(49-28-11-4-12-29-49)53-33-15-13-31-51(53)52-32-14-16-34-54(52)58/h1-39H. The van der Waals surface area contributed by atoms with Gasteiger partial charge in [-0.3, -0.25) is 0 Å². The first kappa shape index (κ1) is 36.1. The van der Waals surface area contributed by atoms with E-state index in [1.807, 2.05) is 24.3 Å². The molecule has 1 heterocycles. The first-order valence-electron chi connectivity index (χ1n) is 20.8. The molecule has 0 fully saturated rings. The quantitative estimate of drug-likeness (QED) is 0.154. The van der Waals surface area contributed by atoms with Crippen LogP contribution < -0.4 is 0 Å². The molecule has 0 unspecified atom stereocenters. The topological polar surface area (TPSA) is 38.7 Å². The van der Waals surface area contributed by atoms with Gasteiger partial charge in [-0.15, -0.1) is 0 Å². The zero-order valence-electron chi connectivity index (χ0n) is 33.4. The fraction of sp³-hybridized carbons (Fsp3) is 0.0172. The molecular weight excluding hydrogens is 739 g/mol. The van der Waals surface area contributed by atoms with Crippen LogP contribution in [0.3, 0.4) is 0 Å². The van der Waals surface area contributed by atoms with E-state index in [0.717, 1.165) is 50.1 Å². The number of rotatable bonds is 8. The summed E-state index contributed by atoms with van der Waals surface area (Å²) in [6.07, 6.45) is 0. The molecule has 11 rings (SSSR count). The first-order valence-corrected chi connectivity index (χ1v) is 20.8. The zero-order valence-corrected chi connectivity index (χ0v) is 33.4. The van der Waals surface area contributed by atoms with E-state index in [0.29, 0.717) is 17.5 Å². The highest BCUT2D eigenvalue weighted by Gasteiger charge is 2.45. The van der Waals surface area contributed by atoms with Gasteiger partial charge in [0.05, 0.1) is 5.41 Å². The van der Waals surface area contributed by atoms with Gasteiger partial charge in [-0.1, -0.05) is 206 Å². The second-order valence-electron chi connectivity index (χ2n) is 15.6. The Morgan fingerprint density at radius 1 is 0.230 bits per heavy atom. The number of hydrogen-bond donors (Lipinski definition) is 0. The fourth-order valence-corrected chi connectivity index (χ4v) is 9.18. The van der Waals surface area contributed by atoms with Crippen molar-refractivity contribution < 1.29 is 0 Å². The molecule has 0 saturated heterocycles. The van der Waals surface area contributed by atoms with Crippen molar-refractivity contribution in [3.63, 3.8) is 0 Å². The van der Waals surface area contributed by atoms with E-state index in [-0.39, 0.29) is 0 Å². The van der Waals surface area contributed by atoms with Gasteiger partial charge in [0.15, 0.2) is 17.5 Å². The van der Waals surface area contributed by atoms with Gasteiger partial charge in [-0.05, 0) is 97.1 Å². The fourth-order valence-electron chi connectivity index (χ4n) is 9.18. The minimum atomic E-state index is -0.508. The van der Waals surface area contributed by atoms with Crippen LogP contribution in [0.4, 0.5) is 0 Å². The molecule has 0 saturated carbocycles. The van der Waals surface area contributed by atoms with Crippen LogP contribution in [-0.4, -0.2) is 15.0 Å². The number of fused-ring (bicyclic) bond motifs is 3. The Kier molecular flexibility index (Phi) is 9.05. The van der Waals surface area contributed by atoms with E-state index in [9.17, 15) is 0 Å². The molecule has 0 atom stereocenters. The van der Waals surface area contributed by atoms with Crippen LogP contribution in [0.5, 0.6) is 0 Å². The van der Waals surface area contributed by atoms with Crippen molar-refractivity contribution in [3.8, 4) is 78.7 Å². The lowest BCUT2D eigenvalue weighted by Crippen LogP contribution is -2.28. The lowest BCUT2D eigenvalue weighted by molar-refractivity contribution is 0.769. The second kappa shape index (κ2) is 15.3. The molecule has 0 amide bonds. The monoisotopic (exact) mass is 777 g/mol. The average Bonchev–Trinajstić information content (AvgIpc) is 3.66. The van der Waals surface area contributed by atoms with Crippen molar-refractivity contribution in [1.29, 1.82) is 0 Å². The molecule has 1 aromatic heterocycles. The van der Waals surface area contributed by atoms with E-state index in [1.165, 1.54) is 33.4 Å². The summed E-state index contributed by atoms with van der Waals surface area (Å²) in [7, 11) is 0. The highest BCUT2D eigenvalue weighted by molar-refractivity contribution is 5.87. The largest absolute Gasteiger partial charge is 0.208 e. The van der Waals surface area contributed by atoms with Crippen molar-refractivity contribution in [3.05, 3.63) is 259 Å². The van der Waals surface area contributed by atoms with Crippen molar-refractivity contribution >= 4 is 0 Å². The Hall–Kier alpha value is -8.01. The van der Waals surface area contributed by atoms with Gasteiger partial charge < -0.3 is 0 Å². The molecule has 1 aliphatic carbocycles. The van der Waals surface area contributed by atoms with E-state index in [2.05, 4.69) is 212 Å². The van der Waals surface area contributed by atoms with Crippen molar-refractivity contribution in [2.75, 3.05) is 0 Å². The van der Waals surface area contributed by atoms with Gasteiger partial charge in [-0.25, -0.2) is 15.0 Å². The Morgan fingerprint density at radius 3 is 1.20 bits per heavy atom. The summed E-state index contributed by atoms with van der Waals surface area (Å²) >= 11 is 0. The molecule has 1 aliphatic rings. The van der Waals surface area contributed by atoms with Crippen molar-refractivity contribution in [1.82, 2.24) is 15.0 Å². The smallest absolute Gasteiger partial charge is 0.164 e. The summed E-state index contributed by atoms with van der Waals surface area (Å²) in [5.41, 5.74) is 16.5. The Morgan fingerprint density at radius 2 is 0.590 bits per heavy atom. The molecule has 10 aromatic rings. The van der Waals surface area contributed by atoms with Crippen LogP contribution >= 0.6 is 0 Å². The average molecular weight is 778 g/mol. The molecule has 61 heavy (non-hydrogen) atoms.